The number of nitrogens with two attached hydrogens (primary N) is 1. The Morgan fingerprint density at radius 2 is 2.15 bits per heavy atom. The first-order valence-electron chi connectivity index (χ1n) is 7.02. The molecule has 1 aromatic carbocycles. The normalized spacial score (nSPS) is 18.0. The van der Waals surface area contributed by atoms with E-state index in [4.69, 9.17) is 10.5 Å². The van der Waals surface area contributed by atoms with Gasteiger partial charge in [0.1, 0.15) is 5.82 Å². The fourth-order valence-corrected chi connectivity index (χ4v) is 2.66. The summed E-state index contributed by atoms with van der Waals surface area (Å²) in [6.45, 7) is 2.29. The van der Waals surface area contributed by atoms with Gasteiger partial charge in [-0.15, -0.1) is 0 Å². The van der Waals surface area contributed by atoms with Gasteiger partial charge in [-0.25, -0.2) is 9.67 Å². The van der Waals surface area contributed by atoms with Crippen LogP contribution in [0.2, 0.25) is 0 Å². The van der Waals surface area contributed by atoms with Crippen LogP contribution in [0.3, 0.4) is 0 Å². The summed E-state index contributed by atoms with van der Waals surface area (Å²) in [6.07, 6.45) is 2.05. The lowest BCUT2D eigenvalue weighted by atomic mass is 9.99. The van der Waals surface area contributed by atoms with Crippen molar-refractivity contribution in [3.05, 3.63) is 35.7 Å². The minimum absolute atomic E-state index is 0.559. The van der Waals surface area contributed by atoms with Gasteiger partial charge >= 0.3 is 0 Å². The minimum Gasteiger partial charge on any atom is -0.384 e. The first-order chi connectivity index (χ1) is 9.80. The van der Waals surface area contributed by atoms with E-state index >= 15 is 0 Å². The van der Waals surface area contributed by atoms with Gasteiger partial charge < -0.3 is 10.5 Å². The van der Waals surface area contributed by atoms with E-state index in [0.29, 0.717) is 12.5 Å². The highest BCUT2D eigenvalue weighted by Gasteiger charge is 2.22. The monoisotopic (exact) mass is 272 g/mol. The number of rotatable bonds is 4. The third-order valence-corrected chi connectivity index (χ3v) is 3.82. The van der Waals surface area contributed by atoms with Crippen molar-refractivity contribution in [2.75, 3.05) is 13.7 Å². The average Bonchev–Trinajstić information content (AvgIpc) is 2.91. The van der Waals surface area contributed by atoms with Crippen molar-refractivity contribution < 1.29 is 4.74 Å². The number of hydrogen-bond donors (Lipinski definition) is 1. The zero-order chi connectivity index (χ0) is 13.9. The predicted octanol–water partition coefficient (Wildman–Crippen LogP) is 1.61. The maximum Gasteiger partial charge on any atom is 0.181 e. The fraction of sp³-hybridized carbons (Fsp3) is 0.467. The summed E-state index contributed by atoms with van der Waals surface area (Å²) in [4.78, 5) is 4.67. The molecule has 5 heteroatoms. The van der Waals surface area contributed by atoms with Crippen molar-refractivity contribution in [1.29, 1.82) is 0 Å². The molecular weight excluding hydrogens is 252 g/mol. The molecule has 2 heterocycles. The van der Waals surface area contributed by atoms with E-state index in [1.165, 1.54) is 0 Å². The summed E-state index contributed by atoms with van der Waals surface area (Å²) < 4.78 is 7.27. The second kappa shape index (κ2) is 5.73. The standard InChI is InChI=1S/C15H20N4O/c1-20-10-12-6-7-19-14(8-12)17-15(18-19)13-4-2-11(9-16)3-5-13/h2-5,12H,6-10,16H2,1H3. The Morgan fingerprint density at radius 3 is 2.85 bits per heavy atom. The summed E-state index contributed by atoms with van der Waals surface area (Å²) in [7, 11) is 1.75. The Hall–Kier alpha value is -1.72. The van der Waals surface area contributed by atoms with Gasteiger partial charge in [0, 0.05) is 38.8 Å². The van der Waals surface area contributed by atoms with E-state index < -0.39 is 0 Å². The molecule has 0 fully saturated rings. The number of benzene rings is 1. The molecular formula is C15H20N4O. The number of fused-ring (bicyclic) bond motifs is 1. The molecule has 0 saturated carbocycles. The molecule has 0 aliphatic carbocycles. The van der Waals surface area contributed by atoms with Crippen LogP contribution in [0.25, 0.3) is 11.4 Å². The van der Waals surface area contributed by atoms with Gasteiger partial charge in [-0.2, -0.15) is 5.10 Å². The number of aromatic nitrogens is 3. The third kappa shape index (κ3) is 2.59. The Balaban J connectivity index is 1.82. The predicted molar refractivity (Wildman–Crippen MR) is 77.0 cm³/mol. The lowest BCUT2D eigenvalue weighted by Gasteiger charge is -2.20. The van der Waals surface area contributed by atoms with Gasteiger partial charge in [0.2, 0.25) is 0 Å². The van der Waals surface area contributed by atoms with Crippen LogP contribution in [0.1, 0.15) is 17.8 Å². The molecule has 0 saturated heterocycles. The summed E-state index contributed by atoms with van der Waals surface area (Å²) in [5.41, 5.74) is 7.79. The first-order valence-corrected chi connectivity index (χ1v) is 7.02. The van der Waals surface area contributed by atoms with Crippen molar-refractivity contribution in [2.24, 2.45) is 11.7 Å². The van der Waals surface area contributed by atoms with Crippen LogP contribution in [-0.2, 0) is 24.2 Å². The molecule has 0 radical (unpaired) electrons. The van der Waals surface area contributed by atoms with Gasteiger partial charge in [-0.05, 0) is 17.9 Å². The lowest BCUT2D eigenvalue weighted by molar-refractivity contribution is 0.135. The third-order valence-electron chi connectivity index (χ3n) is 3.82. The average molecular weight is 272 g/mol. The Morgan fingerprint density at radius 1 is 1.35 bits per heavy atom. The summed E-state index contributed by atoms with van der Waals surface area (Å²) >= 11 is 0. The van der Waals surface area contributed by atoms with Crippen LogP contribution in [0.15, 0.2) is 24.3 Å². The highest BCUT2D eigenvalue weighted by molar-refractivity contribution is 5.55. The van der Waals surface area contributed by atoms with Crippen LogP contribution in [-0.4, -0.2) is 28.5 Å². The van der Waals surface area contributed by atoms with Crippen LogP contribution in [0.4, 0.5) is 0 Å². The Kier molecular flexibility index (Phi) is 3.80. The molecule has 0 amide bonds. The van der Waals surface area contributed by atoms with Crippen molar-refractivity contribution in [3.8, 4) is 11.4 Å². The van der Waals surface area contributed by atoms with E-state index in [-0.39, 0.29) is 0 Å². The zero-order valence-corrected chi connectivity index (χ0v) is 11.7. The number of hydrogen-bond acceptors (Lipinski definition) is 4. The molecule has 2 aromatic rings. The van der Waals surface area contributed by atoms with E-state index in [9.17, 15) is 0 Å². The summed E-state index contributed by atoms with van der Waals surface area (Å²) in [5.74, 6) is 2.43. The van der Waals surface area contributed by atoms with Crippen molar-refractivity contribution in [3.63, 3.8) is 0 Å². The maximum atomic E-state index is 5.61. The molecule has 20 heavy (non-hydrogen) atoms. The molecule has 0 bridgehead atoms. The van der Waals surface area contributed by atoms with Gasteiger partial charge in [-0.3, -0.25) is 0 Å². The quantitative estimate of drug-likeness (QED) is 0.918. The van der Waals surface area contributed by atoms with Crippen LogP contribution >= 0.6 is 0 Å². The van der Waals surface area contributed by atoms with E-state index in [1.807, 2.05) is 28.9 Å². The van der Waals surface area contributed by atoms with Crippen LogP contribution in [0, 0.1) is 5.92 Å². The summed E-state index contributed by atoms with van der Waals surface area (Å²) in [5, 5.41) is 4.60. The molecule has 2 N–H and O–H groups in total. The van der Waals surface area contributed by atoms with E-state index in [0.717, 1.165) is 48.8 Å². The molecule has 1 aliphatic heterocycles. The second-order valence-corrected chi connectivity index (χ2v) is 5.29. The molecule has 0 spiro atoms. The van der Waals surface area contributed by atoms with Gasteiger partial charge in [-0.1, -0.05) is 24.3 Å². The van der Waals surface area contributed by atoms with Crippen molar-refractivity contribution in [1.82, 2.24) is 14.8 Å². The SMILES string of the molecule is COCC1CCn2nc(-c3ccc(CN)cc3)nc2C1. The first kappa shape index (κ1) is 13.3. The molecule has 106 valence electrons. The highest BCUT2D eigenvalue weighted by Crippen LogP contribution is 2.23. The van der Waals surface area contributed by atoms with Gasteiger partial charge in [0.25, 0.3) is 0 Å². The summed E-state index contributed by atoms with van der Waals surface area (Å²) in [6, 6.07) is 8.14. The number of aryl methyl sites for hydroxylation is 1. The van der Waals surface area contributed by atoms with Crippen LogP contribution in [0.5, 0.6) is 0 Å². The zero-order valence-electron chi connectivity index (χ0n) is 11.7. The largest absolute Gasteiger partial charge is 0.384 e. The molecule has 1 aromatic heterocycles. The topological polar surface area (TPSA) is 66.0 Å². The second-order valence-electron chi connectivity index (χ2n) is 5.29. The molecule has 5 nitrogen and oxygen atoms in total. The van der Waals surface area contributed by atoms with Crippen LogP contribution < -0.4 is 5.73 Å². The number of methoxy groups -OCH3 is 1. The molecule has 3 rings (SSSR count). The smallest absolute Gasteiger partial charge is 0.181 e. The molecule has 1 unspecified atom stereocenters. The lowest BCUT2D eigenvalue weighted by Crippen LogP contribution is -2.23. The number of ether oxygens (including phenoxy) is 1. The Labute approximate surface area is 118 Å². The number of nitrogens with zero attached hydrogens (tertiary/aromatic N) is 3. The minimum atomic E-state index is 0.559. The van der Waals surface area contributed by atoms with Gasteiger partial charge in [0.05, 0.1) is 0 Å². The van der Waals surface area contributed by atoms with E-state index in [1.54, 1.807) is 7.11 Å². The molecule has 1 atom stereocenters. The Bertz CT molecular complexity index is 576. The van der Waals surface area contributed by atoms with E-state index in [2.05, 4.69) is 10.1 Å². The van der Waals surface area contributed by atoms with Gasteiger partial charge in [0.15, 0.2) is 5.82 Å². The van der Waals surface area contributed by atoms with Crippen molar-refractivity contribution >= 4 is 0 Å². The molecule has 1 aliphatic rings. The fourth-order valence-electron chi connectivity index (χ4n) is 2.66. The highest BCUT2D eigenvalue weighted by atomic mass is 16.5. The maximum absolute atomic E-state index is 5.61. The van der Waals surface area contributed by atoms with Crippen molar-refractivity contribution in [2.45, 2.75) is 25.9 Å².